The molecule has 2 rings (SSSR count). The second-order valence-corrected chi connectivity index (χ2v) is 7.10. The molecule has 1 fully saturated rings. The molecule has 100 valence electrons. The molecule has 0 spiro atoms. The summed E-state index contributed by atoms with van der Waals surface area (Å²) in [7, 11) is -0.828. The van der Waals surface area contributed by atoms with Crippen molar-refractivity contribution in [2.24, 2.45) is 0 Å². The van der Waals surface area contributed by atoms with Crippen molar-refractivity contribution in [2.75, 3.05) is 30.8 Å². The van der Waals surface area contributed by atoms with E-state index in [0.29, 0.717) is 17.2 Å². The highest BCUT2D eigenvalue weighted by molar-refractivity contribution is 7.91. The third-order valence-electron chi connectivity index (χ3n) is 3.40. The van der Waals surface area contributed by atoms with Gasteiger partial charge in [-0.1, -0.05) is 0 Å². The first kappa shape index (κ1) is 13.3. The highest BCUT2D eigenvalue weighted by atomic mass is 32.2. The molecule has 1 aliphatic rings. The van der Waals surface area contributed by atoms with Gasteiger partial charge in [0.2, 0.25) is 0 Å². The van der Waals surface area contributed by atoms with Crippen LogP contribution in [0.4, 0.5) is 5.69 Å². The summed E-state index contributed by atoms with van der Waals surface area (Å²) in [4.78, 5) is 6.35. The summed E-state index contributed by atoms with van der Waals surface area (Å²) in [5, 5.41) is 0. The van der Waals surface area contributed by atoms with Crippen LogP contribution in [0.3, 0.4) is 0 Å². The maximum atomic E-state index is 11.4. The van der Waals surface area contributed by atoms with Gasteiger partial charge in [0.1, 0.15) is 0 Å². The van der Waals surface area contributed by atoms with Gasteiger partial charge in [-0.05, 0) is 25.6 Å². The second kappa shape index (κ2) is 5.24. The summed E-state index contributed by atoms with van der Waals surface area (Å²) in [5.74, 6) is 0.612. The van der Waals surface area contributed by atoms with E-state index in [-0.39, 0.29) is 6.04 Å². The van der Waals surface area contributed by atoms with Gasteiger partial charge in [-0.3, -0.25) is 4.98 Å². The number of rotatable bonds is 4. The number of nitrogen functional groups attached to an aromatic ring is 1. The Morgan fingerprint density at radius 1 is 1.50 bits per heavy atom. The molecule has 6 heteroatoms. The highest BCUT2D eigenvalue weighted by Gasteiger charge is 2.30. The van der Waals surface area contributed by atoms with Crippen molar-refractivity contribution in [3.63, 3.8) is 0 Å². The third-order valence-corrected chi connectivity index (χ3v) is 5.15. The van der Waals surface area contributed by atoms with Crippen molar-refractivity contribution in [2.45, 2.75) is 18.9 Å². The Morgan fingerprint density at radius 2 is 2.28 bits per heavy atom. The van der Waals surface area contributed by atoms with E-state index in [0.717, 1.165) is 25.1 Å². The fraction of sp³-hybridized carbons (Fsp3) is 0.583. The molecule has 1 atom stereocenters. The van der Waals surface area contributed by atoms with Crippen LogP contribution in [0.2, 0.25) is 0 Å². The van der Waals surface area contributed by atoms with E-state index in [1.54, 1.807) is 6.20 Å². The number of hydrogen-bond acceptors (Lipinski definition) is 5. The predicted molar refractivity (Wildman–Crippen MR) is 72.0 cm³/mol. The first-order valence-electron chi connectivity index (χ1n) is 6.07. The van der Waals surface area contributed by atoms with Gasteiger partial charge < -0.3 is 10.6 Å². The minimum Gasteiger partial charge on any atom is -0.397 e. The lowest BCUT2D eigenvalue weighted by atomic mass is 10.2. The fourth-order valence-corrected chi connectivity index (χ4v) is 3.99. The van der Waals surface area contributed by atoms with E-state index in [4.69, 9.17) is 5.73 Å². The Bertz CT molecular complexity index is 499. The number of aromatic nitrogens is 1. The number of nitrogens with zero attached hydrogens (tertiary/aromatic N) is 2. The molecule has 1 unspecified atom stereocenters. The third kappa shape index (κ3) is 3.43. The summed E-state index contributed by atoms with van der Waals surface area (Å²) < 4.78 is 22.8. The molecule has 0 saturated carbocycles. The van der Waals surface area contributed by atoms with Gasteiger partial charge in [0.05, 0.1) is 23.4 Å². The topological polar surface area (TPSA) is 76.3 Å². The first-order chi connectivity index (χ1) is 8.46. The highest BCUT2D eigenvalue weighted by Crippen LogP contribution is 2.16. The average molecular weight is 269 g/mol. The molecule has 18 heavy (non-hydrogen) atoms. The number of sulfone groups is 1. The molecule has 1 aromatic heterocycles. The van der Waals surface area contributed by atoms with E-state index < -0.39 is 9.84 Å². The molecule has 5 nitrogen and oxygen atoms in total. The molecular weight excluding hydrogens is 250 g/mol. The Morgan fingerprint density at radius 3 is 2.83 bits per heavy atom. The quantitative estimate of drug-likeness (QED) is 0.852. The largest absolute Gasteiger partial charge is 0.397 e. The smallest absolute Gasteiger partial charge is 0.151 e. The van der Waals surface area contributed by atoms with E-state index in [1.807, 2.05) is 19.2 Å². The summed E-state index contributed by atoms with van der Waals surface area (Å²) in [6, 6.07) is 3.90. The van der Waals surface area contributed by atoms with Crippen LogP contribution in [-0.4, -0.2) is 49.4 Å². The molecule has 1 aliphatic heterocycles. The maximum absolute atomic E-state index is 11.4. The van der Waals surface area contributed by atoms with Crippen molar-refractivity contribution in [1.29, 1.82) is 0 Å². The molecule has 2 N–H and O–H groups in total. The van der Waals surface area contributed by atoms with Crippen LogP contribution in [0, 0.1) is 0 Å². The van der Waals surface area contributed by atoms with Crippen LogP contribution in [-0.2, 0) is 16.3 Å². The molecule has 2 heterocycles. The Balaban J connectivity index is 1.85. The van der Waals surface area contributed by atoms with Gasteiger partial charge in [0, 0.05) is 24.7 Å². The van der Waals surface area contributed by atoms with Crippen LogP contribution >= 0.6 is 0 Å². The van der Waals surface area contributed by atoms with Crippen molar-refractivity contribution < 1.29 is 8.42 Å². The van der Waals surface area contributed by atoms with Gasteiger partial charge in [0.25, 0.3) is 0 Å². The maximum Gasteiger partial charge on any atom is 0.151 e. The van der Waals surface area contributed by atoms with Crippen LogP contribution in [0.25, 0.3) is 0 Å². The molecule has 0 aromatic carbocycles. The SMILES string of the molecule is CN(CCc1ccc(N)cn1)C1CCS(=O)(=O)C1. The van der Waals surface area contributed by atoms with Gasteiger partial charge in [0.15, 0.2) is 9.84 Å². The lowest BCUT2D eigenvalue weighted by molar-refractivity contribution is 0.264. The zero-order valence-electron chi connectivity index (χ0n) is 10.5. The number of anilines is 1. The van der Waals surface area contributed by atoms with E-state index >= 15 is 0 Å². The van der Waals surface area contributed by atoms with E-state index in [1.165, 1.54) is 0 Å². The van der Waals surface area contributed by atoms with Crippen LogP contribution in [0.1, 0.15) is 12.1 Å². The monoisotopic (exact) mass is 269 g/mol. The molecule has 0 radical (unpaired) electrons. The minimum atomic E-state index is -2.80. The molecule has 1 aromatic rings. The van der Waals surface area contributed by atoms with Crippen LogP contribution in [0.15, 0.2) is 18.3 Å². The lowest BCUT2D eigenvalue weighted by Crippen LogP contribution is -2.34. The number of hydrogen-bond donors (Lipinski definition) is 1. The van der Waals surface area contributed by atoms with Crippen molar-refractivity contribution in [3.05, 3.63) is 24.0 Å². The summed E-state index contributed by atoms with van der Waals surface area (Å²) in [6.07, 6.45) is 3.21. The lowest BCUT2D eigenvalue weighted by Gasteiger charge is -2.22. The fourth-order valence-electron chi connectivity index (χ4n) is 2.18. The molecular formula is C12H19N3O2S. The Hall–Kier alpha value is -1.14. The minimum absolute atomic E-state index is 0.156. The first-order valence-corrected chi connectivity index (χ1v) is 7.89. The number of nitrogens with two attached hydrogens (primary N) is 1. The van der Waals surface area contributed by atoms with E-state index in [2.05, 4.69) is 9.88 Å². The van der Waals surface area contributed by atoms with Crippen molar-refractivity contribution >= 4 is 15.5 Å². The van der Waals surface area contributed by atoms with Gasteiger partial charge in [-0.25, -0.2) is 8.42 Å². The van der Waals surface area contributed by atoms with Crippen LogP contribution in [0.5, 0.6) is 0 Å². The number of likely N-dealkylation sites (N-methyl/N-ethyl adjacent to an activating group) is 1. The van der Waals surface area contributed by atoms with Gasteiger partial charge in [-0.15, -0.1) is 0 Å². The number of pyridine rings is 1. The zero-order valence-corrected chi connectivity index (χ0v) is 11.4. The molecule has 0 bridgehead atoms. The summed E-state index contributed by atoms with van der Waals surface area (Å²) in [6.45, 7) is 0.817. The van der Waals surface area contributed by atoms with Crippen molar-refractivity contribution in [1.82, 2.24) is 9.88 Å². The Kier molecular flexibility index (Phi) is 3.87. The van der Waals surface area contributed by atoms with Crippen LogP contribution < -0.4 is 5.73 Å². The predicted octanol–water partition coefficient (Wildman–Crippen LogP) is 0.325. The zero-order chi connectivity index (χ0) is 13.2. The second-order valence-electron chi connectivity index (χ2n) is 4.87. The standard InChI is InChI=1S/C12H19N3O2S/c1-15(12-5-7-18(16,17)9-12)6-4-11-3-2-10(13)8-14-11/h2-3,8,12H,4-7,9,13H2,1H3. The molecule has 1 saturated heterocycles. The van der Waals surface area contributed by atoms with Crippen molar-refractivity contribution in [3.8, 4) is 0 Å². The summed E-state index contributed by atoms with van der Waals surface area (Å²) in [5.41, 5.74) is 7.22. The van der Waals surface area contributed by atoms with Gasteiger partial charge >= 0.3 is 0 Å². The molecule has 0 amide bonds. The van der Waals surface area contributed by atoms with E-state index in [9.17, 15) is 8.42 Å². The molecule has 0 aliphatic carbocycles. The average Bonchev–Trinajstić information content (AvgIpc) is 2.69. The van der Waals surface area contributed by atoms with Gasteiger partial charge in [-0.2, -0.15) is 0 Å². The summed E-state index contributed by atoms with van der Waals surface area (Å²) >= 11 is 0. The normalized spacial score (nSPS) is 22.4. The Labute approximate surface area is 108 Å².